The van der Waals surface area contributed by atoms with E-state index >= 15 is 0 Å². The third-order valence-electron chi connectivity index (χ3n) is 6.00. The van der Waals surface area contributed by atoms with E-state index in [1.807, 2.05) is 0 Å². The lowest BCUT2D eigenvalue weighted by atomic mass is 10.1. The monoisotopic (exact) mass is 474 g/mol. The molecule has 0 fully saturated rings. The van der Waals surface area contributed by atoms with Crippen LogP contribution < -0.4 is 0 Å². The van der Waals surface area contributed by atoms with Gasteiger partial charge in [-0.3, -0.25) is 24.1 Å². The molecule has 0 saturated heterocycles. The lowest BCUT2D eigenvalue weighted by Gasteiger charge is -2.08. The molecule has 1 aliphatic rings. The Balaban J connectivity index is 1.71. The number of aromatic hydroxyl groups is 1. The lowest BCUT2D eigenvalue weighted by molar-refractivity contribution is -0.330. The summed E-state index contributed by atoms with van der Waals surface area (Å²) in [7, 11) is 0. The van der Waals surface area contributed by atoms with Crippen LogP contribution in [-0.2, 0) is 0 Å². The van der Waals surface area contributed by atoms with E-state index in [0.717, 1.165) is 0 Å². The zero-order valence-corrected chi connectivity index (χ0v) is 18.6. The van der Waals surface area contributed by atoms with Crippen LogP contribution >= 0.6 is 0 Å². The average molecular weight is 474 g/mol. The van der Waals surface area contributed by atoms with E-state index in [4.69, 9.17) is 0 Å². The van der Waals surface area contributed by atoms with Crippen LogP contribution in [0.2, 0.25) is 0 Å². The van der Waals surface area contributed by atoms with Gasteiger partial charge in [0.25, 0.3) is 17.4 Å². The van der Waals surface area contributed by atoms with Gasteiger partial charge >= 0.3 is 5.91 Å². The first-order valence-electron chi connectivity index (χ1n) is 11.0. The first kappa shape index (κ1) is 21.2. The number of pyridine rings is 1. The molecule has 172 valence electrons. The van der Waals surface area contributed by atoms with Gasteiger partial charge in [-0.1, -0.05) is 24.3 Å². The summed E-state index contributed by atoms with van der Waals surface area (Å²) in [5, 5.41) is 11.7. The quantitative estimate of drug-likeness (QED) is 0.398. The number of aromatic nitrogens is 4. The Bertz CT molecular complexity index is 1740. The molecule has 36 heavy (non-hydrogen) atoms. The number of carbonyl (C=O) groups is 3. The molecular weight excluding hydrogens is 458 g/mol. The Labute approximate surface area is 203 Å². The van der Waals surface area contributed by atoms with Crippen LogP contribution in [0.25, 0.3) is 10.9 Å². The number of para-hydroxylation sites is 2. The molecule has 1 aliphatic heterocycles. The number of carbonyl (C=O) groups excluding carboxylic acids is 3. The number of ketones is 1. The van der Waals surface area contributed by atoms with Crippen molar-refractivity contribution >= 4 is 39.9 Å². The second-order valence-corrected chi connectivity index (χ2v) is 8.02. The highest BCUT2D eigenvalue weighted by atomic mass is 16.3. The van der Waals surface area contributed by atoms with E-state index in [9.17, 15) is 19.5 Å². The van der Waals surface area contributed by atoms with Crippen LogP contribution in [0.4, 0.5) is 5.69 Å². The maximum absolute atomic E-state index is 13.8. The number of amides is 1. The predicted octanol–water partition coefficient (Wildman–Crippen LogP) is 3.39. The fourth-order valence-electron chi connectivity index (χ4n) is 4.43. The van der Waals surface area contributed by atoms with Gasteiger partial charge in [0, 0.05) is 36.2 Å². The SMILES string of the molecule is O=C1C(c2c(O)c3ccccc3n2C(=O)c2cccnc2)=[N+](C(=O)c2cnccn2)c2ccccc21. The second kappa shape index (κ2) is 8.17. The van der Waals surface area contributed by atoms with Gasteiger partial charge in [-0.05, 0) is 30.3 Å². The molecule has 5 aromatic rings. The van der Waals surface area contributed by atoms with Gasteiger partial charge in [0.05, 0.1) is 17.3 Å². The van der Waals surface area contributed by atoms with Crippen molar-refractivity contribution < 1.29 is 24.1 Å². The summed E-state index contributed by atoms with van der Waals surface area (Å²) in [5.41, 5.74) is 0.950. The second-order valence-electron chi connectivity index (χ2n) is 8.02. The fourth-order valence-corrected chi connectivity index (χ4v) is 4.43. The number of nitrogens with zero attached hydrogens (tertiary/aromatic N) is 5. The summed E-state index contributed by atoms with van der Waals surface area (Å²) in [6.45, 7) is 0. The van der Waals surface area contributed by atoms with Crippen LogP contribution in [0.1, 0.15) is 36.9 Å². The number of hydrogen-bond donors (Lipinski definition) is 1. The first-order valence-corrected chi connectivity index (χ1v) is 11.0. The molecule has 0 unspecified atom stereocenters. The maximum Gasteiger partial charge on any atom is 0.445 e. The molecule has 0 radical (unpaired) electrons. The van der Waals surface area contributed by atoms with Crippen LogP contribution in [0, 0.1) is 0 Å². The molecule has 9 nitrogen and oxygen atoms in total. The number of rotatable bonds is 3. The minimum absolute atomic E-state index is 0.000222. The minimum atomic E-state index is -0.624. The molecule has 0 bridgehead atoms. The molecule has 4 heterocycles. The Hall–Kier alpha value is -5.31. The van der Waals surface area contributed by atoms with Gasteiger partial charge < -0.3 is 5.11 Å². The maximum atomic E-state index is 13.8. The number of hydrogen-bond acceptors (Lipinski definition) is 7. The molecular formula is C27H16N5O4+. The van der Waals surface area contributed by atoms with Gasteiger partial charge in [-0.2, -0.15) is 0 Å². The number of fused-ring (bicyclic) bond motifs is 2. The third kappa shape index (κ3) is 3.07. The van der Waals surface area contributed by atoms with Crippen LogP contribution in [0.15, 0.2) is 91.6 Å². The zero-order valence-electron chi connectivity index (χ0n) is 18.6. The summed E-state index contributed by atoms with van der Waals surface area (Å²) in [5.74, 6) is -1.95. The lowest BCUT2D eigenvalue weighted by Crippen LogP contribution is -2.29. The highest BCUT2D eigenvalue weighted by Crippen LogP contribution is 2.38. The van der Waals surface area contributed by atoms with E-state index in [-0.39, 0.29) is 34.0 Å². The largest absolute Gasteiger partial charge is 0.505 e. The van der Waals surface area contributed by atoms with Crippen molar-refractivity contribution in [2.45, 2.75) is 0 Å². The summed E-state index contributed by atoms with van der Waals surface area (Å²) in [6, 6.07) is 16.5. The molecule has 9 heteroatoms. The topological polar surface area (TPSA) is 118 Å². The number of benzene rings is 2. The molecule has 0 atom stereocenters. The Kier molecular flexibility index (Phi) is 4.82. The first-order chi connectivity index (χ1) is 17.6. The fraction of sp³-hybridized carbons (Fsp3) is 0. The molecule has 2 aromatic carbocycles. The van der Waals surface area contributed by atoms with E-state index in [1.165, 1.54) is 40.1 Å². The zero-order chi connectivity index (χ0) is 24.8. The summed E-state index contributed by atoms with van der Waals surface area (Å²) in [4.78, 5) is 53.3. The van der Waals surface area contributed by atoms with Crippen molar-refractivity contribution in [3.63, 3.8) is 0 Å². The molecule has 6 rings (SSSR count). The highest BCUT2D eigenvalue weighted by Gasteiger charge is 2.47. The van der Waals surface area contributed by atoms with Gasteiger partial charge in [0.15, 0.2) is 17.1 Å². The molecule has 3 aromatic heterocycles. The van der Waals surface area contributed by atoms with Crippen molar-refractivity contribution in [3.05, 3.63) is 114 Å². The van der Waals surface area contributed by atoms with Crippen molar-refractivity contribution in [2.24, 2.45) is 0 Å². The van der Waals surface area contributed by atoms with Crippen LogP contribution in [0.3, 0.4) is 0 Å². The van der Waals surface area contributed by atoms with E-state index in [1.54, 1.807) is 60.7 Å². The highest BCUT2D eigenvalue weighted by molar-refractivity contribution is 6.53. The van der Waals surface area contributed by atoms with Gasteiger partial charge in [0.2, 0.25) is 5.69 Å². The van der Waals surface area contributed by atoms with Crippen molar-refractivity contribution in [1.29, 1.82) is 0 Å². The van der Waals surface area contributed by atoms with Gasteiger partial charge in [-0.15, -0.1) is 4.58 Å². The van der Waals surface area contributed by atoms with Crippen molar-refractivity contribution in [2.75, 3.05) is 0 Å². The molecule has 1 N–H and O–H groups in total. The molecule has 0 spiro atoms. The molecule has 0 saturated carbocycles. The number of Topliss-reactive ketones (excluding diaryl/α,β-unsaturated/α-hetero) is 1. The van der Waals surface area contributed by atoms with Gasteiger partial charge in [-0.25, -0.2) is 9.78 Å². The van der Waals surface area contributed by atoms with E-state index in [2.05, 4.69) is 15.0 Å². The van der Waals surface area contributed by atoms with Crippen molar-refractivity contribution in [3.8, 4) is 5.75 Å². The Morgan fingerprint density at radius 1 is 0.861 bits per heavy atom. The van der Waals surface area contributed by atoms with E-state index < -0.39 is 17.6 Å². The van der Waals surface area contributed by atoms with E-state index in [0.29, 0.717) is 16.6 Å². The smallest absolute Gasteiger partial charge is 0.445 e. The standard InChI is InChI=1S/C27H15N5O4/c33-24-17-7-1-3-9-20(17)31(26(35)16-6-5-11-28-14-16)22(24)23-25(34)18-8-2-4-10-21(18)32(23)27(36)19-15-29-12-13-30-19/h1-15H/p+1. The normalized spacial score (nSPS) is 12.7. The predicted molar refractivity (Wildman–Crippen MR) is 129 cm³/mol. The molecule has 1 amide bonds. The Morgan fingerprint density at radius 2 is 1.64 bits per heavy atom. The minimum Gasteiger partial charge on any atom is -0.505 e. The summed E-state index contributed by atoms with van der Waals surface area (Å²) < 4.78 is 2.43. The van der Waals surface area contributed by atoms with Crippen LogP contribution in [0.5, 0.6) is 5.75 Å². The van der Waals surface area contributed by atoms with Gasteiger partial charge in [0.1, 0.15) is 5.56 Å². The Morgan fingerprint density at radius 3 is 2.42 bits per heavy atom. The van der Waals surface area contributed by atoms with Crippen molar-refractivity contribution in [1.82, 2.24) is 19.5 Å². The van der Waals surface area contributed by atoms with Crippen LogP contribution in [-0.4, -0.2) is 52.5 Å². The third-order valence-corrected chi connectivity index (χ3v) is 6.00. The molecule has 0 aliphatic carbocycles. The summed E-state index contributed by atoms with van der Waals surface area (Å²) >= 11 is 0. The summed E-state index contributed by atoms with van der Waals surface area (Å²) in [6.07, 6.45) is 7.03. The average Bonchev–Trinajstić information content (AvgIpc) is 3.39.